The van der Waals surface area contributed by atoms with Crippen LogP contribution in [0.3, 0.4) is 0 Å². The van der Waals surface area contributed by atoms with Crippen molar-refractivity contribution in [2.75, 3.05) is 18.9 Å². The topological polar surface area (TPSA) is 41.1 Å². The van der Waals surface area contributed by atoms with Gasteiger partial charge in [0.2, 0.25) is 0 Å². The van der Waals surface area contributed by atoms with Gasteiger partial charge in [0, 0.05) is 24.8 Å². The Hall–Kier alpha value is -1.51. The van der Waals surface area contributed by atoms with Crippen molar-refractivity contribution in [1.29, 1.82) is 0 Å². The Balaban J connectivity index is 2.78. The maximum Gasteiger partial charge on any atom is 0.251 e. The van der Waals surface area contributed by atoms with Gasteiger partial charge >= 0.3 is 0 Å². The number of aryl methyl sites for hydroxylation is 1. The molecule has 0 aliphatic carbocycles. The fraction of sp³-hybridized carbons (Fsp3) is 0.417. The fourth-order valence-corrected chi connectivity index (χ4v) is 1.43. The molecule has 0 fully saturated rings. The number of nitrogens with one attached hydrogen (secondary N) is 2. The first-order chi connectivity index (χ1) is 7.19. The minimum atomic E-state index is 0.00241. The molecule has 1 aromatic carbocycles. The van der Waals surface area contributed by atoms with Gasteiger partial charge in [-0.1, -0.05) is 6.92 Å². The van der Waals surface area contributed by atoms with Crippen molar-refractivity contribution in [3.8, 4) is 0 Å². The number of rotatable bonds is 4. The van der Waals surface area contributed by atoms with Gasteiger partial charge in [0.25, 0.3) is 5.91 Å². The number of carbonyl (C=O) groups excluding carboxylic acids is 1. The van der Waals surface area contributed by atoms with E-state index < -0.39 is 0 Å². The van der Waals surface area contributed by atoms with E-state index in [1.165, 1.54) is 0 Å². The van der Waals surface area contributed by atoms with E-state index in [9.17, 15) is 4.79 Å². The minimum Gasteiger partial charge on any atom is -0.388 e. The second-order valence-electron chi connectivity index (χ2n) is 3.54. The highest BCUT2D eigenvalue weighted by molar-refractivity contribution is 5.94. The monoisotopic (exact) mass is 206 g/mol. The van der Waals surface area contributed by atoms with Gasteiger partial charge in [-0.05, 0) is 37.1 Å². The SMILES string of the molecule is CCCNC(=O)c1ccc(NC)c(C)c1. The van der Waals surface area contributed by atoms with Gasteiger partial charge in [0.15, 0.2) is 0 Å². The predicted octanol–water partition coefficient (Wildman–Crippen LogP) is 2.18. The Morgan fingerprint density at radius 3 is 2.67 bits per heavy atom. The summed E-state index contributed by atoms with van der Waals surface area (Å²) in [6.07, 6.45) is 0.958. The molecule has 0 heterocycles. The molecule has 0 atom stereocenters. The normalized spacial score (nSPS) is 9.80. The van der Waals surface area contributed by atoms with Crippen molar-refractivity contribution in [3.63, 3.8) is 0 Å². The molecule has 1 amide bonds. The molecule has 0 saturated heterocycles. The Bertz CT molecular complexity index is 347. The quantitative estimate of drug-likeness (QED) is 0.792. The standard InChI is InChI=1S/C12H18N2O/c1-4-7-14-12(15)10-5-6-11(13-3)9(2)8-10/h5-6,8,13H,4,7H2,1-3H3,(H,14,15). The molecule has 0 saturated carbocycles. The summed E-state index contributed by atoms with van der Waals surface area (Å²) in [5, 5.41) is 5.93. The largest absolute Gasteiger partial charge is 0.388 e. The van der Waals surface area contributed by atoms with E-state index >= 15 is 0 Å². The lowest BCUT2D eigenvalue weighted by atomic mass is 10.1. The molecule has 0 unspecified atom stereocenters. The van der Waals surface area contributed by atoms with Crippen molar-refractivity contribution >= 4 is 11.6 Å². The van der Waals surface area contributed by atoms with Crippen LogP contribution in [0, 0.1) is 6.92 Å². The van der Waals surface area contributed by atoms with Crippen LogP contribution in [0.15, 0.2) is 18.2 Å². The lowest BCUT2D eigenvalue weighted by Crippen LogP contribution is -2.24. The first kappa shape index (κ1) is 11.6. The predicted molar refractivity (Wildman–Crippen MR) is 63.3 cm³/mol. The molecule has 0 aliphatic rings. The van der Waals surface area contributed by atoms with Crippen LogP contribution in [0.2, 0.25) is 0 Å². The summed E-state index contributed by atoms with van der Waals surface area (Å²) in [6.45, 7) is 4.75. The number of hydrogen-bond acceptors (Lipinski definition) is 2. The van der Waals surface area contributed by atoms with Crippen molar-refractivity contribution in [3.05, 3.63) is 29.3 Å². The summed E-state index contributed by atoms with van der Waals surface area (Å²) in [5.41, 5.74) is 2.86. The molecule has 15 heavy (non-hydrogen) atoms. The molecule has 82 valence electrons. The Kier molecular flexibility index (Phi) is 4.16. The number of anilines is 1. The zero-order chi connectivity index (χ0) is 11.3. The molecular formula is C12H18N2O. The Morgan fingerprint density at radius 1 is 1.40 bits per heavy atom. The van der Waals surface area contributed by atoms with Crippen molar-refractivity contribution < 1.29 is 4.79 Å². The molecule has 3 heteroatoms. The van der Waals surface area contributed by atoms with E-state index in [4.69, 9.17) is 0 Å². The minimum absolute atomic E-state index is 0.00241. The van der Waals surface area contributed by atoms with Gasteiger partial charge < -0.3 is 10.6 Å². The van der Waals surface area contributed by atoms with Crippen LogP contribution in [0.4, 0.5) is 5.69 Å². The van der Waals surface area contributed by atoms with E-state index in [2.05, 4.69) is 10.6 Å². The summed E-state index contributed by atoms with van der Waals surface area (Å²) in [4.78, 5) is 11.6. The van der Waals surface area contributed by atoms with Crippen LogP contribution in [0.5, 0.6) is 0 Å². The maximum atomic E-state index is 11.6. The lowest BCUT2D eigenvalue weighted by Gasteiger charge is -2.08. The van der Waals surface area contributed by atoms with Crippen LogP contribution in [-0.2, 0) is 0 Å². The van der Waals surface area contributed by atoms with Gasteiger partial charge in [-0.2, -0.15) is 0 Å². The lowest BCUT2D eigenvalue weighted by molar-refractivity contribution is 0.0953. The third kappa shape index (κ3) is 2.98. The fourth-order valence-electron chi connectivity index (χ4n) is 1.43. The van der Waals surface area contributed by atoms with E-state index in [0.29, 0.717) is 0 Å². The van der Waals surface area contributed by atoms with E-state index in [1.807, 2.05) is 39.1 Å². The zero-order valence-electron chi connectivity index (χ0n) is 9.55. The van der Waals surface area contributed by atoms with Gasteiger partial charge in [-0.25, -0.2) is 0 Å². The molecule has 0 aliphatic heterocycles. The molecule has 1 aromatic rings. The highest BCUT2D eigenvalue weighted by Crippen LogP contribution is 2.15. The van der Waals surface area contributed by atoms with E-state index in [1.54, 1.807) is 0 Å². The third-order valence-electron chi connectivity index (χ3n) is 2.29. The van der Waals surface area contributed by atoms with Crippen LogP contribution < -0.4 is 10.6 Å². The van der Waals surface area contributed by atoms with Crippen molar-refractivity contribution in [2.45, 2.75) is 20.3 Å². The number of carbonyl (C=O) groups is 1. The van der Waals surface area contributed by atoms with Crippen LogP contribution in [-0.4, -0.2) is 19.5 Å². The average Bonchev–Trinajstić information content (AvgIpc) is 2.25. The molecule has 0 spiro atoms. The highest BCUT2D eigenvalue weighted by atomic mass is 16.1. The highest BCUT2D eigenvalue weighted by Gasteiger charge is 2.05. The molecule has 0 bridgehead atoms. The summed E-state index contributed by atoms with van der Waals surface area (Å²) < 4.78 is 0. The van der Waals surface area contributed by atoms with E-state index in [-0.39, 0.29) is 5.91 Å². The maximum absolute atomic E-state index is 11.6. The van der Waals surface area contributed by atoms with Gasteiger partial charge in [0.1, 0.15) is 0 Å². The second-order valence-corrected chi connectivity index (χ2v) is 3.54. The Labute approximate surface area is 90.9 Å². The van der Waals surface area contributed by atoms with Crippen molar-refractivity contribution in [1.82, 2.24) is 5.32 Å². The van der Waals surface area contributed by atoms with Crippen LogP contribution in [0.1, 0.15) is 29.3 Å². The second kappa shape index (κ2) is 5.39. The molecular weight excluding hydrogens is 188 g/mol. The molecule has 3 nitrogen and oxygen atoms in total. The van der Waals surface area contributed by atoms with Gasteiger partial charge in [-0.15, -0.1) is 0 Å². The molecule has 0 aromatic heterocycles. The van der Waals surface area contributed by atoms with Gasteiger partial charge in [0.05, 0.1) is 0 Å². The van der Waals surface area contributed by atoms with Crippen LogP contribution in [0.25, 0.3) is 0 Å². The zero-order valence-corrected chi connectivity index (χ0v) is 9.55. The van der Waals surface area contributed by atoms with Gasteiger partial charge in [-0.3, -0.25) is 4.79 Å². The van der Waals surface area contributed by atoms with Crippen LogP contribution >= 0.6 is 0 Å². The van der Waals surface area contributed by atoms with E-state index in [0.717, 1.165) is 29.8 Å². The number of amides is 1. The number of hydrogen-bond donors (Lipinski definition) is 2. The van der Waals surface area contributed by atoms with Crippen molar-refractivity contribution in [2.24, 2.45) is 0 Å². The first-order valence-corrected chi connectivity index (χ1v) is 5.25. The molecule has 0 radical (unpaired) electrons. The average molecular weight is 206 g/mol. The summed E-state index contributed by atoms with van der Waals surface area (Å²) in [5.74, 6) is 0.00241. The Morgan fingerprint density at radius 2 is 2.13 bits per heavy atom. The first-order valence-electron chi connectivity index (χ1n) is 5.25. The smallest absolute Gasteiger partial charge is 0.251 e. The molecule has 2 N–H and O–H groups in total. The number of benzene rings is 1. The summed E-state index contributed by atoms with van der Waals surface area (Å²) in [7, 11) is 1.87. The molecule has 1 rings (SSSR count). The third-order valence-corrected chi connectivity index (χ3v) is 2.29. The summed E-state index contributed by atoms with van der Waals surface area (Å²) >= 11 is 0. The summed E-state index contributed by atoms with van der Waals surface area (Å²) in [6, 6.07) is 5.66.